The van der Waals surface area contributed by atoms with Gasteiger partial charge in [0.15, 0.2) is 0 Å². The highest BCUT2D eigenvalue weighted by atomic mass is 32.2. The Kier molecular flexibility index (Phi) is 6.90. The Morgan fingerprint density at radius 2 is 1.84 bits per heavy atom. The Labute approximate surface area is 122 Å². The Balaban J connectivity index is 2.33. The van der Waals surface area contributed by atoms with Crippen molar-refractivity contribution in [3.05, 3.63) is 30.3 Å². The minimum atomic E-state index is 0.111. The first-order chi connectivity index (χ1) is 8.93. The second kappa shape index (κ2) is 7.93. The average Bonchev–Trinajstić information content (AvgIpc) is 2.37. The highest BCUT2D eigenvalue weighted by Gasteiger charge is 2.20. The number of hydrogen-bond donors (Lipinski definition) is 0. The zero-order chi connectivity index (χ0) is 14.3. The van der Waals surface area contributed by atoms with E-state index in [0.717, 1.165) is 18.6 Å². The lowest BCUT2D eigenvalue weighted by Gasteiger charge is -2.33. The van der Waals surface area contributed by atoms with Crippen LogP contribution in [-0.4, -0.2) is 29.4 Å². The molecule has 0 aromatic heterocycles. The molecule has 0 saturated carbocycles. The van der Waals surface area contributed by atoms with Gasteiger partial charge in [0.25, 0.3) is 0 Å². The van der Waals surface area contributed by atoms with Gasteiger partial charge in [0.2, 0.25) is 0 Å². The molecule has 0 amide bonds. The smallest absolute Gasteiger partial charge is 0.0424 e. The van der Waals surface area contributed by atoms with Crippen LogP contribution < -0.4 is 5.43 Å². The van der Waals surface area contributed by atoms with Gasteiger partial charge < -0.3 is 0 Å². The summed E-state index contributed by atoms with van der Waals surface area (Å²) in [5.41, 5.74) is 4.93. The van der Waals surface area contributed by atoms with E-state index < -0.39 is 0 Å². The van der Waals surface area contributed by atoms with E-state index in [4.69, 9.17) is 5.43 Å². The zero-order valence-electron chi connectivity index (χ0n) is 12.9. The van der Waals surface area contributed by atoms with Crippen LogP contribution in [0.4, 0.5) is 0 Å². The molecule has 0 heterocycles. The molecule has 1 radical (unpaired) electrons. The maximum atomic E-state index is 4.82. The van der Waals surface area contributed by atoms with Gasteiger partial charge in [-0.3, -0.25) is 0 Å². The van der Waals surface area contributed by atoms with Gasteiger partial charge in [-0.15, -0.1) is 11.8 Å². The van der Waals surface area contributed by atoms with E-state index in [-0.39, 0.29) is 5.54 Å². The van der Waals surface area contributed by atoms with E-state index in [1.807, 2.05) is 11.8 Å². The molecule has 107 valence electrons. The zero-order valence-corrected chi connectivity index (χ0v) is 13.7. The third-order valence-corrected chi connectivity index (χ3v) is 4.29. The largest absolute Gasteiger partial charge is 0.224 e. The Bertz CT molecular complexity index is 346. The summed E-state index contributed by atoms with van der Waals surface area (Å²) in [6, 6.07) is 11.0. The summed E-state index contributed by atoms with van der Waals surface area (Å²) in [7, 11) is 2.08. The number of benzene rings is 1. The molecular weight excluding hydrogens is 252 g/mol. The first-order valence-corrected chi connectivity index (χ1v) is 8.04. The molecule has 1 atom stereocenters. The number of nitrogens with zero attached hydrogens (tertiary/aromatic N) is 2. The summed E-state index contributed by atoms with van der Waals surface area (Å²) >= 11 is 1.92. The molecule has 2 nitrogen and oxygen atoms in total. The standard InChI is InChI=1S/C16H27N2S/c1-6-14(17-18(5)16(2,3)4)12-13-19-15-10-8-7-9-11-15/h7-11,14H,6,12-13H2,1-5H3. The fourth-order valence-corrected chi connectivity index (χ4v) is 2.57. The molecule has 1 unspecified atom stereocenters. The Hall–Kier alpha value is -0.510. The molecule has 0 aliphatic rings. The van der Waals surface area contributed by atoms with E-state index in [0.29, 0.717) is 6.04 Å². The van der Waals surface area contributed by atoms with E-state index in [1.165, 1.54) is 4.90 Å². The van der Waals surface area contributed by atoms with E-state index >= 15 is 0 Å². The maximum absolute atomic E-state index is 4.82. The molecule has 0 aliphatic heterocycles. The molecule has 19 heavy (non-hydrogen) atoms. The molecule has 3 heteroatoms. The molecule has 0 saturated heterocycles. The topological polar surface area (TPSA) is 17.3 Å². The van der Waals surface area contributed by atoms with Crippen LogP contribution in [0.25, 0.3) is 0 Å². The van der Waals surface area contributed by atoms with Crippen LogP contribution in [0.3, 0.4) is 0 Å². The second-order valence-corrected chi connectivity index (χ2v) is 6.99. The van der Waals surface area contributed by atoms with Crippen molar-refractivity contribution in [2.24, 2.45) is 0 Å². The van der Waals surface area contributed by atoms with Gasteiger partial charge >= 0.3 is 0 Å². The lowest BCUT2D eigenvalue weighted by molar-refractivity contribution is 0.0768. The van der Waals surface area contributed by atoms with Gasteiger partial charge in [-0.1, -0.05) is 25.1 Å². The fourth-order valence-electron chi connectivity index (χ4n) is 1.59. The van der Waals surface area contributed by atoms with E-state index in [9.17, 15) is 0 Å². The highest BCUT2D eigenvalue weighted by Crippen LogP contribution is 2.20. The maximum Gasteiger partial charge on any atom is 0.0424 e. The molecule has 1 rings (SSSR count). The van der Waals surface area contributed by atoms with Gasteiger partial charge in [-0.25, -0.2) is 5.01 Å². The van der Waals surface area contributed by atoms with E-state index in [2.05, 4.69) is 70.1 Å². The summed E-state index contributed by atoms with van der Waals surface area (Å²) in [4.78, 5) is 1.35. The second-order valence-electron chi connectivity index (χ2n) is 5.82. The first-order valence-electron chi connectivity index (χ1n) is 7.06. The van der Waals surface area contributed by atoms with Crippen LogP contribution in [0.15, 0.2) is 35.2 Å². The quantitative estimate of drug-likeness (QED) is 0.550. The van der Waals surface area contributed by atoms with Gasteiger partial charge in [0.1, 0.15) is 0 Å². The molecule has 1 aromatic rings. The van der Waals surface area contributed by atoms with Crippen molar-refractivity contribution < 1.29 is 0 Å². The lowest BCUT2D eigenvalue weighted by atomic mass is 10.1. The van der Waals surface area contributed by atoms with Crippen molar-refractivity contribution in [3.8, 4) is 0 Å². The summed E-state index contributed by atoms with van der Waals surface area (Å²) in [6.45, 7) is 8.81. The van der Waals surface area contributed by atoms with Crippen molar-refractivity contribution in [2.75, 3.05) is 12.8 Å². The number of rotatable bonds is 7. The van der Waals surface area contributed by atoms with Crippen LogP contribution in [0, 0.1) is 0 Å². The van der Waals surface area contributed by atoms with Gasteiger partial charge in [0, 0.05) is 23.5 Å². The van der Waals surface area contributed by atoms with Crippen molar-refractivity contribution in [1.29, 1.82) is 0 Å². The fraction of sp³-hybridized carbons (Fsp3) is 0.625. The third kappa shape index (κ3) is 6.46. The van der Waals surface area contributed by atoms with Gasteiger partial charge in [-0.2, -0.15) is 5.43 Å². The lowest BCUT2D eigenvalue weighted by Crippen LogP contribution is -2.47. The summed E-state index contributed by atoms with van der Waals surface area (Å²) in [5, 5.41) is 2.11. The number of thioether (sulfide) groups is 1. The minimum absolute atomic E-state index is 0.111. The van der Waals surface area contributed by atoms with Crippen LogP contribution in [0.1, 0.15) is 40.5 Å². The van der Waals surface area contributed by atoms with Gasteiger partial charge in [0.05, 0.1) is 0 Å². The van der Waals surface area contributed by atoms with Gasteiger partial charge in [-0.05, 0) is 51.5 Å². The van der Waals surface area contributed by atoms with E-state index in [1.54, 1.807) is 0 Å². The van der Waals surface area contributed by atoms with Crippen molar-refractivity contribution in [1.82, 2.24) is 10.4 Å². The monoisotopic (exact) mass is 279 g/mol. The van der Waals surface area contributed by atoms with Crippen molar-refractivity contribution in [3.63, 3.8) is 0 Å². The molecule has 1 aromatic carbocycles. The van der Waals surface area contributed by atoms with Crippen LogP contribution >= 0.6 is 11.8 Å². The Morgan fingerprint density at radius 1 is 1.21 bits per heavy atom. The van der Waals surface area contributed by atoms with Crippen molar-refractivity contribution in [2.45, 2.75) is 57.0 Å². The molecule has 0 N–H and O–H groups in total. The van der Waals surface area contributed by atoms with Crippen LogP contribution in [0.5, 0.6) is 0 Å². The third-order valence-electron chi connectivity index (χ3n) is 3.24. The Morgan fingerprint density at radius 3 is 2.37 bits per heavy atom. The normalized spacial score (nSPS) is 13.8. The summed E-state index contributed by atoms with van der Waals surface area (Å²) < 4.78 is 0. The minimum Gasteiger partial charge on any atom is -0.224 e. The van der Waals surface area contributed by atoms with Crippen LogP contribution in [0.2, 0.25) is 0 Å². The average molecular weight is 279 g/mol. The number of hydrogen-bond acceptors (Lipinski definition) is 2. The summed E-state index contributed by atoms with van der Waals surface area (Å²) in [6.07, 6.45) is 2.24. The SMILES string of the molecule is CCC(CCSc1ccccc1)[N]N(C)C(C)(C)C. The predicted molar refractivity (Wildman–Crippen MR) is 85.5 cm³/mol. The predicted octanol–water partition coefficient (Wildman–Crippen LogP) is 4.20. The summed E-state index contributed by atoms with van der Waals surface area (Å²) in [5.74, 6) is 1.13. The molecule has 0 spiro atoms. The first kappa shape index (κ1) is 16.5. The molecule has 0 aliphatic carbocycles. The van der Waals surface area contributed by atoms with Crippen LogP contribution in [-0.2, 0) is 0 Å². The molecular formula is C16H27N2S. The molecule has 0 bridgehead atoms. The molecule has 0 fully saturated rings. The highest BCUT2D eigenvalue weighted by molar-refractivity contribution is 7.99. The van der Waals surface area contributed by atoms with Crippen molar-refractivity contribution >= 4 is 11.8 Å².